The molecule has 0 saturated carbocycles. The van der Waals surface area contributed by atoms with E-state index in [1.165, 1.54) is 0 Å². The Kier molecular flexibility index (Phi) is 4.81. The molecule has 104 valence electrons. The molecular formula is C13H20N4O2. The largest absolute Gasteiger partial charge is 0.384 e. The van der Waals surface area contributed by atoms with E-state index >= 15 is 0 Å². The Labute approximate surface area is 112 Å². The van der Waals surface area contributed by atoms with Crippen molar-refractivity contribution in [1.29, 1.82) is 0 Å². The molecule has 1 aliphatic rings. The molecule has 2 N–H and O–H groups in total. The summed E-state index contributed by atoms with van der Waals surface area (Å²) in [5.41, 5.74) is 0.347. The monoisotopic (exact) mass is 264 g/mol. The number of rotatable bonds is 5. The quantitative estimate of drug-likeness (QED) is 0.789. The highest BCUT2D eigenvalue weighted by atomic mass is 16.5. The van der Waals surface area contributed by atoms with Gasteiger partial charge in [0.1, 0.15) is 0 Å². The molecule has 0 aliphatic carbocycles. The number of ether oxygens (including phenoxy) is 1. The maximum Gasteiger partial charge on any atom is 0.228 e. The van der Waals surface area contributed by atoms with Crippen LogP contribution in [-0.2, 0) is 16.1 Å². The van der Waals surface area contributed by atoms with Gasteiger partial charge in [0.25, 0.3) is 0 Å². The normalized spacial score (nSPS) is 17.9. The fourth-order valence-electron chi connectivity index (χ4n) is 2.40. The van der Waals surface area contributed by atoms with Crippen LogP contribution in [0.1, 0.15) is 18.5 Å². The van der Waals surface area contributed by atoms with Crippen molar-refractivity contribution < 1.29 is 9.53 Å². The van der Waals surface area contributed by atoms with Crippen LogP contribution in [0.4, 0.5) is 0 Å². The van der Waals surface area contributed by atoms with Crippen LogP contribution in [0.25, 0.3) is 0 Å². The van der Waals surface area contributed by atoms with Gasteiger partial charge in [0.05, 0.1) is 24.3 Å². The summed E-state index contributed by atoms with van der Waals surface area (Å²) < 4.78 is 5.24. The Hall–Kier alpha value is -1.53. The molecule has 1 aromatic heterocycles. The van der Waals surface area contributed by atoms with Crippen LogP contribution in [-0.4, -0.2) is 42.9 Å². The van der Waals surface area contributed by atoms with Gasteiger partial charge in [-0.05, 0) is 38.1 Å². The van der Waals surface area contributed by atoms with Crippen molar-refractivity contribution in [3.8, 4) is 0 Å². The van der Waals surface area contributed by atoms with Crippen molar-refractivity contribution in [2.75, 3.05) is 26.8 Å². The summed E-state index contributed by atoms with van der Waals surface area (Å²) in [6, 6.07) is 3.66. The molecule has 1 saturated heterocycles. The first-order chi connectivity index (χ1) is 9.27. The molecule has 0 atom stereocenters. The number of nitrogens with zero attached hydrogens (tertiary/aromatic N) is 2. The summed E-state index contributed by atoms with van der Waals surface area (Å²) >= 11 is 0. The predicted octanol–water partition coefficient (Wildman–Crippen LogP) is 0.109. The highest BCUT2D eigenvalue weighted by molar-refractivity contribution is 5.82. The summed E-state index contributed by atoms with van der Waals surface area (Å²) in [5, 5.41) is 14.0. The Morgan fingerprint density at radius 2 is 2.32 bits per heavy atom. The third-order valence-electron chi connectivity index (χ3n) is 3.52. The van der Waals surface area contributed by atoms with E-state index in [-0.39, 0.29) is 5.91 Å². The number of hydrogen-bond acceptors (Lipinski definition) is 5. The summed E-state index contributed by atoms with van der Waals surface area (Å²) in [6.07, 6.45) is 3.21. The van der Waals surface area contributed by atoms with Crippen LogP contribution in [0.3, 0.4) is 0 Å². The van der Waals surface area contributed by atoms with Crippen LogP contribution in [0.2, 0.25) is 0 Å². The Morgan fingerprint density at radius 1 is 1.53 bits per heavy atom. The first-order valence-electron chi connectivity index (χ1n) is 6.51. The number of hydrogen-bond donors (Lipinski definition) is 2. The van der Waals surface area contributed by atoms with E-state index < -0.39 is 5.41 Å². The minimum atomic E-state index is -0.414. The molecule has 19 heavy (non-hydrogen) atoms. The number of aromatic nitrogens is 2. The Bertz CT molecular complexity index is 399. The van der Waals surface area contributed by atoms with Crippen LogP contribution >= 0.6 is 0 Å². The van der Waals surface area contributed by atoms with E-state index in [4.69, 9.17) is 4.74 Å². The van der Waals surface area contributed by atoms with Crippen molar-refractivity contribution in [3.63, 3.8) is 0 Å². The molecule has 6 nitrogen and oxygen atoms in total. The van der Waals surface area contributed by atoms with E-state index in [0.717, 1.165) is 31.6 Å². The fraction of sp³-hybridized carbons (Fsp3) is 0.615. The summed E-state index contributed by atoms with van der Waals surface area (Å²) in [6.45, 7) is 2.57. The molecule has 0 unspecified atom stereocenters. The number of piperidine rings is 1. The SMILES string of the molecule is COCC1(C(=O)NCc2cccnn2)CCNCC1. The van der Waals surface area contributed by atoms with Crippen molar-refractivity contribution in [1.82, 2.24) is 20.8 Å². The maximum absolute atomic E-state index is 12.4. The molecule has 6 heteroatoms. The second kappa shape index (κ2) is 6.58. The minimum absolute atomic E-state index is 0.0431. The molecular weight excluding hydrogens is 244 g/mol. The molecule has 0 spiro atoms. The molecule has 1 fully saturated rings. The number of amides is 1. The van der Waals surface area contributed by atoms with Crippen LogP contribution < -0.4 is 10.6 Å². The van der Waals surface area contributed by atoms with Crippen LogP contribution in [0.5, 0.6) is 0 Å². The van der Waals surface area contributed by atoms with Crippen LogP contribution in [0.15, 0.2) is 18.3 Å². The minimum Gasteiger partial charge on any atom is -0.384 e. The number of nitrogens with one attached hydrogen (secondary N) is 2. The molecule has 2 rings (SSSR count). The van der Waals surface area contributed by atoms with Gasteiger partial charge in [-0.2, -0.15) is 10.2 Å². The van der Waals surface area contributed by atoms with E-state index in [1.54, 1.807) is 13.3 Å². The highest BCUT2D eigenvalue weighted by Gasteiger charge is 2.39. The zero-order chi connectivity index (χ0) is 13.6. The van der Waals surface area contributed by atoms with E-state index in [1.807, 2.05) is 12.1 Å². The van der Waals surface area contributed by atoms with Gasteiger partial charge in [-0.1, -0.05) is 0 Å². The highest BCUT2D eigenvalue weighted by Crippen LogP contribution is 2.29. The lowest BCUT2D eigenvalue weighted by Gasteiger charge is -2.35. The van der Waals surface area contributed by atoms with Crippen molar-refractivity contribution in [2.24, 2.45) is 5.41 Å². The van der Waals surface area contributed by atoms with E-state index in [9.17, 15) is 4.79 Å². The number of methoxy groups -OCH3 is 1. The zero-order valence-electron chi connectivity index (χ0n) is 11.2. The van der Waals surface area contributed by atoms with Gasteiger partial charge in [-0.15, -0.1) is 0 Å². The van der Waals surface area contributed by atoms with Crippen molar-refractivity contribution >= 4 is 5.91 Å². The lowest BCUT2D eigenvalue weighted by molar-refractivity contribution is -0.136. The van der Waals surface area contributed by atoms with Gasteiger partial charge >= 0.3 is 0 Å². The second-order valence-electron chi connectivity index (χ2n) is 4.86. The van der Waals surface area contributed by atoms with E-state index in [2.05, 4.69) is 20.8 Å². The second-order valence-corrected chi connectivity index (χ2v) is 4.86. The fourth-order valence-corrected chi connectivity index (χ4v) is 2.40. The first-order valence-corrected chi connectivity index (χ1v) is 6.51. The van der Waals surface area contributed by atoms with Crippen molar-refractivity contribution in [2.45, 2.75) is 19.4 Å². The average Bonchev–Trinajstić information content (AvgIpc) is 2.47. The predicted molar refractivity (Wildman–Crippen MR) is 70.3 cm³/mol. The molecule has 0 aromatic carbocycles. The van der Waals surface area contributed by atoms with Gasteiger partial charge in [-0.25, -0.2) is 0 Å². The molecule has 1 amide bonds. The summed E-state index contributed by atoms with van der Waals surface area (Å²) in [4.78, 5) is 12.4. The molecule has 2 heterocycles. The average molecular weight is 264 g/mol. The third kappa shape index (κ3) is 3.48. The van der Waals surface area contributed by atoms with Gasteiger partial charge in [-0.3, -0.25) is 4.79 Å². The summed E-state index contributed by atoms with van der Waals surface area (Å²) in [7, 11) is 1.64. The van der Waals surface area contributed by atoms with E-state index in [0.29, 0.717) is 13.2 Å². The van der Waals surface area contributed by atoms with Gasteiger partial charge < -0.3 is 15.4 Å². The van der Waals surface area contributed by atoms with Crippen molar-refractivity contribution in [3.05, 3.63) is 24.0 Å². The van der Waals surface area contributed by atoms with Gasteiger partial charge in [0.15, 0.2) is 0 Å². The lowest BCUT2D eigenvalue weighted by atomic mass is 9.78. The van der Waals surface area contributed by atoms with Crippen LogP contribution in [0, 0.1) is 5.41 Å². The zero-order valence-corrected chi connectivity index (χ0v) is 11.2. The third-order valence-corrected chi connectivity index (χ3v) is 3.52. The number of carbonyl (C=O) groups excluding carboxylic acids is 1. The summed E-state index contributed by atoms with van der Waals surface area (Å²) in [5.74, 6) is 0.0431. The smallest absolute Gasteiger partial charge is 0.228 e. The Morgan fingerprint density at radius 3 is 2.95 bits per heavy atom. The molecule has 0 bridgehead atoms. The number of carbonyl (C=O) groups is 1. The molecule has 0 radical (unpaired) electrons. The van der Waals surface area contributed by atoms with Gasteiger partial charge in [0.2, 0.25) is 5.91 Å². The van der Waals surface area contributed by atoms with Gasteiger partial charge in [0, 0.05) is 13.3 Å². The molecule has 1 aromatic rings. The topological polar surface area (TPSA) is 76.1 Å². The lowest BCUT2D eigenvalue weighted by Crippen LogP contribution is -2.50. The molecule has 1 aliphatic heterocycles. The first kappa shape index (κ1) is 13.9. The standard InChI is InChI=1S/C13H20N4O2/c1-19-10-13(4-7-14-8-5-13)12(18)15-9-11-3-2-6-16-17-11/h2-3,6,14H,4-5,7-10H2,1H3,(H,15,18). The Balaban J connectivity index is 1.96. The maximum atomic E-state index is 12.4.